The molecule has 110 valence electrons. The summed E-state index contributed by atoms with van der Waals surface area (Å²) in [6.07, 6.45) is 0. The number of amides is 1. The molecular weight excluding hydrogens is 256 g/mol. The molecule has 20 heavy (non-hydrogen) atoms. The minimum Gasteiger partial charge on any atom is -0.380 e. The van der Waals surface area contributed by atoms with Crippen LogP contribution in [0.5, 0.6) is 0 Å². The molecule has 1 aromatic rings. The molecule has 1 fully saturated rings. The van der Waals surface area contributed by atoms with Gasteiger partial charge in [-0.25, -0.2) is 0 Å². The maximum Gasteiger partial charge on any atom is 0.244 e. The summed E-state index contributed by atoms with van der Waals surface area (Å²) < 4.78 is 10.4. The third-order valence-corrected chi connectivity index (χ3v) is 3.38. The van der Waals surface area contributed by atoms with E-state index < -0.39 is 0 Å². The molecule has 5 nitrogen and oxygen atoms in total. The summed E-state index contributed by atoms with van der Waals surface area (Å²) in [5.74, 6) is 0.112. The first-order chi connectivity index (χ1) is 9.72. The minimum atomic E-state index is -0.258. The lowest BCUT2D eigenvalue weighted by atomic mass is 10.1. The molecular formula is C15H22N2O3. The van der Waals surface area contributed by atoms with Gasteiger partial charge in [0.05, 0.1) is 19.8 Å². The molecule has 0 aromatic heterocycles. The van der Waals surface area contributed by atoms with Crippen molar-refractivity contribution in [2.75, 3.05) is 38.7 Å². The van der Waals surface area contributed by atoms with Crippen LogP contribution < -0.4 is 5.32 Å². The maximum atomic E-state index is 12.3. The molecule has 1 amide bonds. The van der Waals surface area contributed by atoms with E-state index in [1.54, 1.807) is 7.11 Å². The Morgan fingerprint density at radius 2 is 2.10 bits per heavy atom. The number of anilines is 1. The summed E-state index contributed by atoms with van der Waals surface area (Å²) in [5, 5.41) is 3.28. The highest BCUT2D eigenvalue weighted by Gasteiger charge is 2.22. The van der Waals surface area contributed by atoms with E-state index in [2.05, 4.69) is 5.32 Å². The van der Waals surface area contributed by atoms with Crippen LogP contribution >= 0.6 is 0 Å². The van der Waals surface area contributed by atoms with Crippen LogP contribution in [0.4, 0.5) is 5.69 Å². The zero-order valence-corrected chi connectivity index (χ0v) is 12.1. The largest absolute Gasteiger partial charge is 0.380 e. The molecule has 1 N–H and O–H groups in total. The highest BCUT2D eigenvalue weighted by Crippen LogP contribution is 2.17. The average molecular weight is 278 g/mol. The van der Waals surface area contributed by atoms with Gasteiger partial charge < -0.3 is 19.7 Å². The van der Waals surface area contributed by atoms with Crippen molar-refractivity contribution in [3.8, 4) is 0 Å². The van der Waals surface area contributed by atoms with E-state index in [0.29, 0.717) is 32.9 Å². The lowest BCUT2D eigenvalue weighted by Gasteiger charge is -2.30. The number of methoxy groups -OCH3 is 1. The minimum absolute atomic E-state index is 0.112. The molecule has 5 heteroatoms. The molecule has 0 radical (unpaired) electrons. The lowest BCUT2D eigenvalue weighted by Crippen LogP contribution is -2.47. The first-order valence-electron chi connectivity index (χ1n) is 6.92. The van der Waals surface area contributed by atoms with E-state index in [4.69, 9.17) is 9.47 Å². The molecule has 1 aliphatic rings. The number of hydrogen-bond acceptors (Lipinski definition) is 4. The standard InChI is InChI=1S/C15H22N2O3/c1-12(15(18)17-7-9-20-10-8-17)16-14-6-4-3-5-13(14)11-19-2/h3-6,12,16H,7-11H2,1-2H3. The molecule has 1 atom stereocenters. The summed E-state index contributed by atoms with van der Waals surface area (Å²) in [7, 11) is 1.67. The zero-order valence-electron chi connectivity index (χ0n) is 12.1. The van der Waals surface area contributed by atoms with Crippen LogP contribution in [-0.4, -0.2) is 50.3 Å². The number of carbonyl (C=O) groups is 1. The summed E-state index contributed by atoms with van der Waals surface area (Å²) in [5.41, 5.74) is 2.00. The fourth-order valence-electron chi connectivity index (χ4n) is 2.30. The Kier molecular flexibility index (Phi) is 5.38. The number of morpholine rings is 1. The predicted molar refractivity (Wildman–Crippen MR) is 77.6 cm³/mol. The van der Waals surface area contributed by atoms with Crippen LogP contribution in [0.3, 0.4) is 0 Å². The van der Waals surface area contributed by atoms with E-state index >= 15 is 0 Å². The molecule has 1 heterocycles. The monoisotopic (exact) mass is 278 g/mol. The number of rotatable bonds is 5. The van der Waals surface area contributed by atoms with Gasteiger partial charge in [0.2, 0.25) is 5.91 Å². The summed E-state index contributed by atoms with van der Waals surface area (Å²) in [6.45, 7) is 5.01. The van der Waals surface area contributed by atoms with E-state index in [9.17, 15) is 4.79 Å². The van der Waals surface area contributed by atoms with E-state index in [1.165, 1.54) is 0 Å². The second-order valence-corrected chi connectivity index (χ2v) is 4.89. The number of para-hydroxylation sites is 1. The van der Waals surface area contributed by atoms with Gasteiger partial charge in [-0.2, -0.15) is 0 Å². The molecule has 2 rings (SSSR count). The highest BCUT2D eigenvalue weighted by atomic mass is 16.5. The van der Waals surface area contributed by atoms with Gasteiger partial charge in [-0.05, 0) is 13.0 Å². The molecule has 1 aliphatic heterocycles. The zero-order chi connectivity index (χ0) is 14.4. The smallest absolute Gasteiger partial charge is 0.244 e. The van der Waals surface area contributed by atoms with E-state index in [1.807, 2.05) is 36.1 Å². The Balaban J connectivity index is 1.99. The topological polar surface area (TPSA) is 50.8 Å². The Hall–Kier alpha value is -1.59. The second kappa shape index (κ2) is 7.26. The van der Waals surface area contributed by atoms with Gasteiger partial charge in [0.25, 0.3) is 0 Å². The van der Waals surface area contributed by atoms with Crippen molar-refractivity contribution in [2.24, 2.45) is 0 Å². The van der Waals surface area contributed by atoms with Crippen LogP contribution in [0.1, 0.15) is 12.5 Å². The van der Waals surface area contributed by atoms with Gasteiger partial charge in [0.1, 0.15) is 6.04 Å². The summed E-state index contributed by atoms with van der Waals surface area (Å²) >= 11 is 0. The second-order valence-electron chi connectivity index (χ2n) is 4.89. The number of benzene rings is 1. The molecule has 1 saturated heterocycles. The van der Waals surface area contributed by atoms with Gasteiger partial charge in [0.15, 0.2) is 0 Å². The Morgan fingerprint density at radius 3 is 2.80 bits per heavy atom. The number of carbonyl (C=O) groups excluding carboxylic acids is 1. The fourth-order valence-corrected chi connectivity index (χ4v) is 2.30. The summed E-state index contributed by atoms with van der Waals surface area (Å²) in [4.78, 5) is 14.2. The summed E-state index contributed by atoms with van der Waals surface area (Å²) in [6, 6.07) is 7.63. The van der Waals surface area contributed by atoms with Crippen LogP contribution in [0.2, 0.25) is 0 Å². The van der Waals surface area contributed by atoms with Crippen molar-refractivity contribution >= 4 is 11.6 Å². The first kappa shape index (κ1) is 14.8. The van der Waals surface area contributed by atoms with Gasteiger partial charge in [0, 0.05) is 31.5 Å². The van der Waals surface area contributed by atoms with Crippen molar-refractivity contribution in [2.45, 2.75) is 19.6 Å². The van der Waals surface area contributed by atoms with Gasteiger partial charge in [-0.1, -0.05) is 18.2 Å². The molecule has 1 aromatic carbocycles. The fraction of sp³-hybridized carbons (Fsp3) is 0.533. The Labute approximate surface area is 119 Å². The van der Waals surface area contributed by atoms with Gasteiger partial charge in [-0.15, -0.1) is 0 Å². The third-order valence-electron chi connectivity index (χ3n) is 3.38. The Bertz CT molecular complexity index is 444. The van der Waals surface area contributed by atoms with Gasteiger partial charge in [-0.3, -0.25) is 4.79 Å². The molecule has 0 aliphatic carbocycles. The molecule has 0 spiro atoms. The average Bonchev–Trinajstić information content (AvgIpc) is 2.49. The van der Waals surface area contributed by atoms with Crippen LogP contribution in [0.25, 0.3) is 0 Å². The van der Waals surface area contributed by atoms with Crippen molar-refractivity contribution in [3.05, 3.63) is 29.8 Å². The molecule has 0 bridgehead atoms. The third kappa shape index (κ3) is 3.71. The number of hydrogen-bond donors (Lipinski definition) is 1. The van der Waals surface area contributed by atoms with Crippen LogP contribution in [0, 0.1) is 0 Å². The van der Waals surface area contributed by atoms with Crippen molar-refractivity contribution in [1.82, 2.24) is 4.90 Å². The van der Waals surface area contributed by atoms with E-state index in [-0.39, 0.29) is 11.9 Å². The van der Waals surface area contributed by atoms with E-state index in [0.717, 1.165) is 11.3 Å². The van der Waals surface area contributed by atoms with Crippen molar-refractivity contribution in [3.63, 3.8) is 0 Å². The normalized spacial score (nSPS) is 16.8. The lowest BCUT2D eigenvalue weighted by molar-refractivity contribution is -0.135. The number of ether oxygens (including phenoxy) is 2. The van der Waals surface area contributed by atoms with Crippen LogP contribution in [-0.2, 0) is 20.9 Å². The highest BCUT2D eigenvalue weighted by molar-refractivity contribution is 5.84. The molecule has 0 saturated carbocycles. The quantitative estimate of drug-likeness (QED) is 0.886. The first-order valence-corrected chi connectivity index (χ1v) is 6.92. The number of nitrogens with one attached hydrogen (secondary N) is 1. The van der Waals surface area contributed by atoms with Crippen LogP contribution in [0.15, 0.2) is 24.3 Å². The molecule has 1 unspecified atom stereocenters. The van der Waals surface area contributed by atoms with Crippen molar-refractivity contribution < 1.29 is 14.3 Å². The predicted octanol–water partition coefficient (Wildman–Crippen LogP) is 1.49. The number of nitrogens with zero attached hydrogens (tertiary/aromatic N) is 1. The van der Waals surface area contributed by atoms with Crippen molar-refractivity contribution in [1.29, 1.82) is 0 Å². The Morgan fingerprint density at radius 1 is 1.40 bits per heavy atom. The SMILES string of the molecule is COCc1ccccc1NC(C)C(=O)N1CCOCC1. The van der Waals surface area contributed by atoms with Gasteiger partial charge >= 0.3 is 0 Å². The maximum absolute atomic E-state index is 12.3.